The average Bonchev–Trinajstić information content (AvgIpc) is 3.19. The van der Waals surface area contributed by atoms with Crippen LogP contribution in [0.15, 0.2) is 58.6 Å². The molecule has 0 spiro atoms. The zero-order valence-corrected chi connectivity index (χ0v) is 20.2. The minimum atomic E-state index is -3.55. The highest BCUT2D eigenvalue weighted by Gasteiger charge is 2.26. The molecule has 0 unspecified atom stereocenters. The number of thioether (sulfide) groups is 1. The first-order valence-electron chi connectivity index (χ1n) is 11.0. The maximum atomic E-state index is 12.9. The van der Waals surface area contributed by atoms with Gasteiger partial charge < -0.3 is 14.6 Å². The molecule has 1 aromatic heterocycles. The third-order valence-electron chi connectivity index (χ3n) is 5.54. The van der Waals surface area contributed by atoms with Gasteiger partial charge in [0.2, 0.25) is 15.9 Å². The second-order valence-corrected chi connectivity index (χ2v) is 10.7. The summed E-state index contributed by atoms with van der Waals surface area (Å²) in [6.45, 7) is 2.26. The summed E-state index contributed by atoms with van der Waals surface area (Å²) in [6, 6.07) is 14.3. The van der Waals surface area contributed by atoms with Crippen molar-refractivity contribution >= 4 is 44.4 Å². The van der Waals surface area contributed by atoms with Crippen LogP contribution in [0.25, 0.3) is 11.0 Å². The summed E-state index contributed by atoms with van der Waals surface area (Å²) in [5.41, 5.74) is 2.33. The Kier molecular flexibility index (Phi) is 7.69. The van der Waals surface area contributed by atoms with Crippen molar-refractivity contribution < 1.29 is 17.9 Å². The highest BCUT2D eigenvalue weighted by Crippen LogP contribution is 2.25. The van der Waals surface area contributed by atoms with Crippen molar-refractivity contribution in [1.29, 1.82) is 0 Å². The molecule has 4 rings (SSSR count). The Bertz CT molecular complexity index is 1220. The van der Waals surface area contributed by atoms with Gasteiger partial charge in [0, 0.05) is 32.4 Å². The summed E-state index contributed by atoms with van der Waals surface area (Å²) in [6.07, 6.45) is 2.81. The van der Waals surface area contributed by atoms with Gasteiger partial charge in [-0.1, -0.05) is 36.4 Å². The van der Waals surface area contributed by atoms with Gasteiger partial charge in [0.05, 0.1) is 28.3 Å². The van der Waals surface area contributed by atoms with Crippen molar-refractivity contribution in [3.8, 4) is 0 Å². The molecule has 33 heavy (non-hydrogen) atoms. The monoisotopic (exact) mass is 488 g/mol. The average molecular weight is 489 g/mol. The number of ether oxygens (including phenoxy) is 1. The van der Waals surface area contributed by atoms with Crippen LogP contribution in [0.3, 0.4) is 0 Å². The Balaban J connectivity index is 1.43. The lowest BCUT2D eigenvalue weighted by molar-refractivity contribution is -0.113. The Morgan fingerprint density at radius 1 is 1.12 bits per heavy atom. The number of hydrogen-bond donors (Lipinski definition) is 1. The van der Waals surface area contributed by atoms with Gasteiger partial charge in [-0.25, -0.2) is 13.4 Å². The predicted molar refractivity (Wildman–Crippen MR) is 130 cm³/mol. The van der Waals surface area contributed by atoms with Crippen LogP contribution in [-0.2, 0) is 26.1 Å². The molecule has 0 saturated carbocycles. The number of rotatable bonds is 9. The molecular weight excluding hydrogens is 460 g/mol. The minimum absolute atomic E-state index is 0.152. The topological polar surface area (TPSA) is 93.5 Å². The van der Waals surface area contributed by atoms with Gasteiger partial charge in [-0.3, -0.25) is 4.79 Å². The summed E-state index contributed by atoms with van der Waals surface area (Å²) in [5.74, 6) is -0.0720. The maximum Gasteiger partial charge on any atom is 0.243 e. The summed E-state index contributed by atoms with van der Waals surface area (Å²) in [7, 11) is -1.90. The van der Waals surface area contributed by atoms with E-state index in [1.54, 1.807) is 25.3 Å². The van der Waals surface area contributed by atoms with Gasteiger partial charge in [-0.05, 0) is 43.2 Å². The Morgan fingerprint density at radius 3 is 2.70 bits per heavy atom. The smallest absolute Gasteiger partial charge is 0.243 e. The normalized spacial score (nSPS) is 15.1. The first-order valence-corrected chi connectivity index (χ1v) is 13.4. The fraction of sp³-hybridized carbons (Fsp3) is 0.391. The van der Waals surface area contributed by atoms with Crippen molar-refractivity contribution in [3.05, 3.63) is 48.5 Å². The third kappa shape index (κ3) is 5.57. The molecule has 1 saturated heterocycles. The lowest BCUT2D eigenvalue weighted by Gasteiger charge is -2.26. The number of anilines is 1. The van der Waals surface area contributed by atoms with Gasteiger partial charge in [-0.2, -0.15) is 4.31 Å². The van der Waals surface area contributed by atoms with E-state index in [0.717, 1.165) is 35.5 Å². The number of imidazole rings is 1. The van der Waals surface area contributed by atoms with E-state index in [0.29, 0.717) is 31.9 Å². The maximum absolute atomic E-state index is 12.9. The fourth-order valence-corrected chi connectivity index (χ4v) is 6.28. The second kappa shape index (κ2) is 10.7. The molecule has 0 atom stereocenters. The summed E-state index contributed by atoms with van der Waals surface area (Å²) >= 11 is 1.34. The number of sulfonamides is 1. The zero-order valence-electron chi connectivity index (χ0n) is 18.6. The number of carbonyl (C=O) groups is 1. The number of amides is 1. The number of hydrogen-bond acceptors (Lipinski definition) is 6. The van der Waals surface area contributed by atoms with Crippen molar-refractivity contribution in [1.82, 2.24) is 13.9 Å². The Hall–Kier alpha value is -2.40. The predicted octanol–water partition coefficient (Wildman–Crippen LogP) is 3.59. The van der Waals surface area contributed by atoms with Crippen LogP contribution in [-0.4, -0.2) is 60.7 Å². The van der Waals surface area contributed by atoms with Crippen LogP contribution < -0.4 is 5.32 Å². The van der Waals surface area contributed by atoms with Crippen LogP contribution >= 0.6 is 11.8 Å². The molecule has 1 aliphatic rings. The molecule has 1 N–H and O–H groups in total. The van der Waals surface area contributed by atoms with E-state index in [1.807, 2.05) is 28.8 Å². The van der Waals surface area contributed by atoms with Crippen molar-refractivity contribution in [2.45, 2.75) is 35.9 Å². The SMILES string of the molecule is COCCn1c(SCC(=O)Nc2cccc(S(=O)(=O)N3CCCCC3)c2)nc2ccccc21. The number of piperidine rings is 1. The minimum Gasteiger partial charge on any atom is -0.383 e. The molecule has 1 fully saturated rings. The zero-order chi connectivity index (χ0) is 23.3. The quantitative estimate of drug-likeness (QED) is 0.463. The first-order chi connectivity index (χ1) is 16.0. The fourth-order valence-electron chi connectivity index (χ4n) is 3.88. The standard InChI is InChI=1S/C23H28N4O4S2/c1-31-15-14-27-21-11-4-3-10-20(21)25-23(27)32-17-22(28)24-18-8-7-9-19(16-18)33(29,30)26-12-5-2-6-13-26/h3-4,7-11,16H,2,5-6,12-15,17H2,1H3,(H,24,28). The molecule has 0 aliphatic carbocycles. The number of carbonyl (C=O) groups excluding carboxylic acids is 1. The molecule has 10 heteroatoms. The van der Waals surface area contributed by atoms with Crippen LogP contribution in [0.2, 0.25) is 0 Å². The molecule has 1 amide bonds. The van der Waals surface area contributed by atoms with E-state index in [4.69, 9.17) is 4.74 Å². The third-order valence-corrected chi connectivity index (χ3v) is 8.41. The van der Waals surface area contributed by atoms with E-state index in [2.05, 4.69) is 10.3 Å². The number of aromatic nitrogens is 2. The number of nitrogens with zero attached hydrogens (tertiary/aromatic N) is 3. The Morgan fingerprint density at radius 2 is 1.91 bits per heavy atom. The summed E-state index contributed by atoms with van der Waals surface area (Å²) in [4.78, 5) is 17.5. The van der Waals surface area contributed by atoms with E-state index in [1.165, 1.54) is 22.1 Å². The number of benzene rings is 2. The molecule has 1 aliphatic heterocycles. The molecule has 176 valence electrons. The number of fused-ring (bicyclic) bond motifs is 1. The number of methoxy groups -OCH3 is 1. The molecule has 0 radical (unpaired) electrons. The highest BCUT2D eigenvalue weighted by atomic mass is 32.2. The molecule has 3 aromatic rings. The molecule has 0 bridgehead atoms. The van der Waals surface area contributed by atoms with Crippen molar-refractivity contribution in [3.63, 3.8) is 0 Å². The van der Waals surface area contributed by atoms with Crippen LogP contribution in [0.5, 0.6) is 0 Å². The van der Waals surface area contributed by atoms with Gasteiger partial charge in [0.15, 0.2) is 5.16 Å². The van der Waals surface area contributed by atoms with Gasteiger partial charge >= 0.3 is 0 Å². The van der Waals surface area contributed by atoms with Crippen molar-refractivity contribution in [2.75, 3.05) is 37.9 Å². The summed E-state index contributed by atoms with van der Waals surface area (Å²) < 4.78 is 34.7. The number of nitrogens with one attached hydrogen (secondary N) is 1. The van der Waals surface area contributed by atoms with E-state index < -0.39 is 10.0 Å². The number of para-hydroxylation sites is 2. The van der Waals surface area contributed by atoms with Gasteiger partial charge in [0.25, 0.3) is 0 Å². The van der Waals surface area contributed by atoms with Gasteiger partial charge in [0.1, 0.15) is 0 Å². The molecule has 8 nitrogen and oxygen atoms in total. The molecular formula is C23H28N4O4S2. The largest absolute Gasteiger partial charge is 0.383 e. The van der Waals surface area contributed by atoms with E-state index in [9.17, 15) is 13.2 Å². The molecule has 2 heterocycles. The summed E-state index contributed by atoms with van der Waals surface area (Å²) in [5, 5.41) is 3.56. The van der Waals surface area contributed by atoms with Gasteiger partial charge in [-0.15, -0.1) is 0 Å². The second-order valence-electron chi connectivity index (χ2n) is 7.86. The van der Waals surface area contributed by atoms with E-state index in [-0.39, 0.29) is 16.6 Å². The van der Waals surface area contributed by atoms with E-state index >= 15 is 0 Å². The first kappa shape index (κ1) is 23.7. The Labute approximate surface area is 198 Å². The van der Waals surface area contributed by atoms with Crippen molar-refractivity contribution in [2.24, 2.45) is 0 Å². The lowest BCUT2D eigenvalue weighted by atomic mass is 10.2. The highest BCUT2D eigenvalue weighted by molar-refractivity contribution is 7.99. The molecule has 2 aromatic carbocycles. The van der Waals surface area contributed by atoms with Crippen LogP contribution in [0, 0.1) is 0 Å². The lowest BCUT2D eigenvalue weighted by Crippen LogP contribution is -2.35. The van der Waals surface area contributed by atoms with Crippen LogP contribution in [0.4, 0.5) is 5.69 Å². The van der Waals surface area contributed by atoms with Crippen LogP contribution in [0.1, 0.15) is 19.3 Å².